The van der Waals surface area contributed by atoms with Gasteiger partial charge in [0, 0.05) is 5.56 Å². The monoisotopic (exact) mass is 282 g/mol. The van der Waals surface area contributed by atoms with E-state index >= 15 is 0 Å². The molecule has 1 atom stereocenters. The van der Waals surface area contributed by atoms with Crippen molar-refractivity contribution >= 4 is 0 Å². The van der Waals surface area contributed by atoms with Crippen molar-refractivity contribution in [1.29, 1.82) is 0 Å². The first-order valence-corrected chi connectivity index (χ1v) is 5.81. The number of benzene rings is 2. The third-order valence-corrected chi connectivity index (χ3v) is 2.94. The molecule has 0 radical (unpaired) electrons. The van der Waals surface area contributed by atoms with Crippen LogP contribution in [0, 0.1) is 17.5 Å². The standard InChI is InChI=1S/C14H13F3N2O/c1-20-13-5-2-8(6-12(13)17)14(19-18)10-7-9(15)3-4-11(10)16/h2-7,14,19H,18H2,1H3. The van der Waals surface area contributed by atoms with Gasteiger partial charge in [0.25, 0.3) is 0 Å². The Hall–Kier alpha value is -2.05. The molecule has 0 amide bonds. The molecule has 3 nitrogen and oxygen atoms in total. The van der Waals surface area contributed by atoms with Gasteiger partial charge in [-0.25, -0.2) is 18.6 Å². The fourth-order valence-corrected chi connectivity index (χ4v) is 1.96. The Labute approximate surface area is 114 Å². The van der Waals surface area contributed by atoms with Gasteiger partial charge in [-0.15, -0.1) is 0 Å². The summed E-state index contributed by atoms with van der Waals surface area (Å²) in [6, 6.07) is 6.22. The summed E-state index contributed by atoms with van der Waals surface area (Å²) >= 11 is 0. The van der Waals surface area contributed by atoms with Gasteiger partial charge in [-0.1, -0.05) is 6.07 Å². The summed E-state index contributed by atoms with van der Waals surface area (Å²) < 4.78 is 45.5. The number of nitrogens with two attached hydrogens (primary N) is 1. The second-order valence-electron chi connectivity index (χ2n) is 4.16. The van der Waals surface area contributed by atoms with Crippen molar-refractivity contribution in [3.63, 3.8) is 0 Å². The van der Waals surface area contributed by atoms with Gasteiger partial charge < -0.3 is 4.74 Å². The summed E-state index contributed by atoms with van der Waals surface area (Å²) in [5.41, 5.74) is 2.71. The molecule has 0 aliphatic heterocycles. The van der Waals surface area contributed by atoms with E-state index in [2.05, 4.69) is 5.43 Å². The first-order chi connectivity index (χ1) is 9.56. The second-order valence-corrected chi connectivity index (χ2v) is 4.16. The molecule has 0 spiro atoms. The van der Waals surface area contributed by atoms with E-state index in [0.717, 1.165) is 24.3 Å². The fourth-order valence-electron chi connectivity index (χ4n) is 1.96. The number of hydrazine groups is 1. The molecule has 0 heterocycles. The lowest BCUT2D eigenvalue weighted by atomic mass is 9.98. The summed E-state index contributed by atoms with van der Waals surface area (Å²) in [7, 11) is 1.34. The molecule has 0 aliphatic carbocycles. The van der Waals surface area contributed by atoms with Crippen molar-refractivity contribution in [2.75, 3.05) is 7.11 Å². The molecule has 2 rings (SSSR count). The van der Waals surface area contributed by atoms with Gasteiger partial charge >= 0.3 is 0 Å². The predicted octanol–water partition coefficient (Wildman–Crippen LogP) is 2.67. The highest BCUT2D eigenvalue weighted by molar-refractivity contribution is 5.37. The van der Waals surface area contributed by atoms with Crippen LogP contribution in [0.3, 0.4) is 0 Å². The maximum absolute atomic E-state index is 13.8. The topological polar surface area (TPSA) is 47.3 Å². The Kier molecular flexibility index (Phi) is 4.26. The number of ether oxygens (including phenoxy) is 1. The highest BCUT2D eigenvalue weighted by Gasteiger charge is 2.19. The number of hydrogen-bond donors (Lipinski definition) is 2. The maximum Gasteiger partial charge on any atom is 0.165 e. The van der Waals surface area contributed by atoms with E-state index in [1.165, 1.54) is 19.2 Å². The Morgan fingerprint density at radius 3 is 2.40 bits per heavy atom. The van der Waals surface area contributed by atoms with Crippen molar-refractivity contribution in [3.05, 3.63) is 65.0 Å². The van der Waals surface area contributed by atoms with Crippen LogP contribution >= 0.6 is 0 Å². The molecule has 0 aliphatic rings. The molecular formula is C14H13F3N2O. The zero-order chi connectivity index (χ0) is 14.7. The Morgan fingerprint density at radius 1 is 1.05 bits per heavy atom. The molecule has 20 heavy (non-hydrogen) atoms. The minimum atomic E-state index is -0.869. The van der Waals surface area contributed by atoms with E-state index in [4.69, 9.17) is 10.6 Å². The van der Waals surface area contributed by atoms with Gasteiger partial charge in [0.15, 0.2) is 11.6 Å². The normalized spacial score (nSPS) is 12.2. The molecule has 6 heteroatoms. The molecule has 0 saturated heterocycles. The highest BCUT2D eigenvalue weighted by atomic mass is 19.1. The molecule has 0 bridgehead atoms. The summed E-state index contributed by atoms with van der Waals surface area (Å²) in [6.45, 7) is 0. The van der Waals surface area contributed by atoms with Crippen LogP contribution in [0.25, 0.3) is 0 Å². The van der Waals surface area contributed by atoms with E-state index in [-0.39, 0.29) is 11.3 Å². The minimum absolute atomic E-state index is 0.00272. The van der Waals surface area contributed by atoms with Gasteiger partial charge in [-0.3, -0.25) is 5.84 Å². The summed E-state index contributed by atoms with van der Waals surface area (Å²) in [6.07, 6.45) is 0. The molecule has 1 unspecified atom stereocenters. The Morgan fingerprint density at radius 2 is 1.80 bits per heavy atom. The van der Waals surface area contributed by atoms with Crippen molar-refractivity contribution in [3.8, 4) is 5.75 Å². The molecule has 2 aromatic rings. The number of hydrogen-bond acceptors (Lipinski definition) is 3. The third-order valence-electron chi connectivity index (χ3n) is 2.94. The average Bonchev–Trinajstić information content (AvgIpc) is 2.44. The van der Waals surface area contributed by atoms with E-state index in [1.807, 2.05) is 0 Å². The van der Waals surface area contributed by atoms with Crippen LogP contribution in [-0.4, -0.2) is 7.11 Å². The average molecular weight is 282 g/mol. The third kappa shape index (κ3) is 2.76. The molecule has 0 saturated carbocycles. The molecular weight excluding hydrogens is 269 g/mol. The van der Waals surface area contributed by atoms with E-state index in [0.29, 0.717) is 5.56 Å². The first-order valence-electron chi connectivity index (χ1n) is 5.81. The molecule has 2 aromatic carbocycles. The first kappa shape index (κ1) is 14.4. The SMILES string of the molecule is COc1ccc(C(NN)c2cc(F)ccc2F)cc1F. The molecule has 3 N–H and O–H groups in total. The number of rotatable bonds is 4. The summed E-state index contributed by atoms with van der Waals surface area (Å²) in [4.78, 5) is 0. The van der Waals surface area contributed by atoms with Crippen LogP contribution in [-0.2, 0) is 0 Å². The second kappa shape index (κ2) is 5.94. The van der Waals surface area contributed by atoms with Gasteiger partial charge in [-0.05, 0) is 35.9 Å². The number of halogens is 3. The van der Waals surface area contributed by atoms with E-state index < -0.39 is 23.5 Å². The van der Waals surface area contributed by atoms with Crippen LogP contribution in [0.4, 0.5) is 13.2 Å². The number of methoxy groups -OCH3 is 1. The highest BCUT2D eigenvalue weighted by Crippen LogP contribution is 2.27. The lowest BCUT2D eigenvalue weighted by Gasteiger charge is -2.18. The van der Waals surface area contributed by atoms with E-state index in [1.54, 1.807) is 0 Å². The predicted molar refractivity (Wildman–Crippen MR) is 68.5 cm³/mol. The maximum atomic E-state index is 13.8. The largest absolute Gasteiger partial charge is 0.494 e. The quantitative estimate of drug-likeness (QED) is 0.669. The zero-order valence-electron chi connectivity index (χ0n) is 10.7. The van der Waals surface area contributed by atoms with Crippen molar-refractivity contribution in [1.82, 2.24) is 5.43 Å². The fraction of sp³-hybridized carbons (Fsp3) is 0.143. The van der Waals surface area contributed by atoms with Crippen LogP contribution in [0.2, 0.25) is 0 Å². The Bertz CT molecular complexity index is 619. The Balaban J connectivity index is 2.46. The van der Waals surface area contributed by atoms with Crippen LogP contribution < -0.4 is 16.0 Å². The molecule has 0 aromatic heterocycles. The minimum Gasteiger partial charge on any atom is -0.494 e. The van der Waals surface area contributed by atoms with Gasteiger partial charge in [0.1, 0.15) is 11.6 Å². The molecule has 106 valence electrons. The summed E-state index contributed by atoms with van der Waals surface area (Å²) in [5, 5.41) is 0. The van der Waals surface area contributed by atoms with Crippen LogP contribution in [0.15, 0.2) is 36.4 Å². The van der Waals surface area contributed by atoms with Crippen molar-refractivity contribution in [2.24, 2.45) is 5.84 Å². The van der Waals surface area contributed by atoms with Crippen molar-refractivity contribution < 1.29 is 17.9 Å². The van der Waals surface area contributed by atoms with Crippen LogP contribution in [0.1, 0.15) is 17.2 Å². The number of nitrogens with one attached hydrogen (secondary N) is 1. The van der Waals surface area contributed by atoms with Crippen molar-refractivity contribution in [2.45, 2.75) is 6.04 Å². The van der Waals surface area contributed by atoms with Crippen LogP contribution in [0.5, 0.6) is 5.75 Å². The van der Waals surface area contributed by atoms with Gasteiger partial charge in [0.05, 0.1) is 13.2 Å². The lowest BCUT2D eigenvalue weighted by Crippen LogP contribution is -2.29. The smallest absolute Gasteiger partial charge is 0.165 e. The van der Waals surface area contributed by atoms with Gasteiger partial charge in [0.2, 0.25) is 0 Å². The zero-order valence-corrected chi connectivity index (χ0v) is 10.7. The van der Waals surface area contributed by atoms with Gasteiger partial charge in [-0.2, -0.15) is 0 Å². The summed E-state index contributed by atoms with van der Waals surface area (Å²) in [5.74, 6) is 3.60. The van der Waals surface area contributed by atoms with E-state index in [9.17, 15) is 13.2 Å². The molecule has 0 fully saturated rings. The lowest BCUT2D eigenvalue weighted by molar-refractivity contribution is 0.385.